The maximum atomic E-state index is 13.8. The van der Waals surface area contributed by atoms with Gasteiger partial charge in [-0.3, -0.25) is 4.79 Å². The van der Waals surface area contributed by atoms with E-state index in [1.165, 1.54) is 13.0 Å². The lowest BCUT2D eigenvalue weighted by Crippen LogP contribution is -2.16. The fourth-order valence-corrected chi connectivity index (χ4v) is 2.25. The van der Waals surface area contributed by atoms with Gasteiger partial charge in [-0.05, 0) is 37.3 Å². The molecular formula is C18H11F5N4O. The molecule has 10 heteroatoms. The van der Waals surface area contributed by atoms with Crippen LogP contribution < -0.4 is 10.6 Å². The predicted molar refractivity (Wildman–Crippen MR) is 90.7 cm³/mol. The first-order valence-electron chi connectivity index (χ1n) is 7.77. The molecule has 0 bridgehead atoms. The minimum Gasteiger partial charge on any atom is -0.322 e. The molecule has 0 unspecified atom stereocenters. The van der Waals surface area contributed by atoms with Crippen LogP contribution in [-0.4, -0.2) is 15.9 Å². The molecule has 0 saturated heterocycles. The fourth-order valence-electron chi connectivity index (χ4n) is 2.25. The summed E-state index contributed by atoms with van der Waals surface area (Å²) in [5.41, 5.74) is -0.323. The molecule has 2 N–H and O–H groups in total. The van der Waals surface area contributed by atoms with E-state index in [1.807, 2.05) is 0 Å². The second kappa shape index (κ2) is 7.59. The molecule has 0 aliphatic heterocycles. The molecule has 0 aliphatic carbocycles. The van der Waals surface area contributed by atoms with Gasteiger partial charge < -0.3 is 10.6 Å². The van der Waals surface area contributed by atoms with Gasteiger partial charge >= 0.3 is 0 Å². The molecule has 144 valence electrons. The van der Waals surface area contributed by atoms with Crippen molar-refractivity contribution in [2.75, 3.05) is 10.6 Å². The van der Waals surface area contributed by atoms with Crippen molar-refractivity contribution in [2.45, 2.75) is 6.92 Å². The summed E-state index contributed by atoms with van der Waals surface area (Å²) >= 11 is 0. The second-order valence-electron chi connectivity index (χ2n) is 5.65. The largest absolute Gasteiger partial charge is 0.322 e. The van der Waals surface area contributed by atoms with Crippen LogP contribution in [0.1, 0.15) is 16.2 Å². The van der Waals surface area contributed by atoms with E-state index in [0.717, 1.165) is 24.3 Å². The zero-order chi connectivity index (χ0) is 20.4. The Bertz CT molecular complexity index is 1070. The van der Waals surface area contributed by atoms with E-state index in [1.54, 1.807) is 0 Å². The van der Waals surface area contributed by atoms with Crippen LogP contribution in [0.5, 0.6) is 0 Å². The summed E-state index contributed by atoms with van der Waals surface area (Å²) in [6.07, 6.45) is 0. The molecule has 1 heterocycles. The number of halogens is 5. The Morgan fingerprint density at radius 3 is 2.29 bits per heavy atom. The van der Waals surface area contributed by atoms with E-state index < -0.39 is 40.7 Å². The van der Waals surface area contributed by atoms with E-state index in [-0.39, 0.29) is 17.3 Å². The molecule has 0 saturated carbocycles. The standard InChI is InChI=1S/C18H11F5N4O/c1-8-6-14(17(28)25-9-2-3-10(19)12(21)7-9)27-18(24-8)26-13-5-4-11(20)15(22)16(13)23/h2-7H,1H3,(H,25,28)(H,24,26,27). The number of carbonyl (C=O) groups excluding carboxylic acids is 1. The van der Waals surface area contributed by atoms with Gasteiger partial charge in [-0.15, -0.1) is 0 Å². The first-order chi connectivity index (χ1) is 13.2. The van der Waals surface area contributed by atoms with Crippen LogP contribution in [0.15, 0.2) is 36.4 Å². The van der Waals surface area contributed by atoms with E-state index in [4.69, 9.17) is 0 Å². The Morgan fingerprint density at radius 1 is 0.857 bits per heavy atom. The molecule has 3 rings (SSSR count). The van der Waals surface area contributed by atoms with Gasteiger partial charge in [-0.25, -0.2) is 31.9 Å². The molecule has 0 atom stereocenters. The Kier molecular flexibility index (Phi) is 5.21. The Hall–Kier alpha value is -3.56. The number of aromatic nitrogens is 2. The molecule has 28 heavy (non-hydrogen) atoms. The van der Waals surface area contributed by atoms with Gasteiger partial charge in [0.1, 0.15) is 5.69 Å². The third kappa shape index (κ3) is 4.05. The molecule has 5 nitrogen and oxygen atoms in total. The molecule has 1 aromatic heterocycles. The van der Waals surface area contributed by atoms with Crippen LogP contribution in [0, 0.1) is 36.0 Å². The lowest BCUT2D eigenvalue weighted by molar-refractivity contribution is 0.102. The van der Waals surface area contributed by atoms with Gasteiger partial charge in [0.2, 0.25) is 5.95 Å². The minimum atomic E-state index is -1.67. The van der Waals surface area contributed by atoms with Crippen molar-refractivity contribution in [3.63, 3.8) is 0 Å². The van der Waals surface area contributed by atoms with Crippen molar-refractivity contribution in [1.29, 1.82) is 0 Å². The van der Waals surface area contributed by atoms with Crippen LogP contribution in [-0.2, 0) is 0 Å². The monoisotopic (exact) mass is 394 g/mol. The van der Waals surface area contributed by atoms with E-state index >= 15 is 0 Å². The number of amides is 1. The van der Waals surface area contributed by atoms with Crippen LogP contribution in [0.3, 0.4) is 0 Å². The summed E-state index contributed by atoms with van der Waals surface area (Å²) in [7, 11) is 0. The van der Waals surface area contributed by atoms with Gasteiger partial charge in [0.05, 0.1) is 5.69 Å². The highest BCUT2D eigenvalue weighted by Crippen LogP contribution is 2.22. The van der Waals surface area contributed by atoms with Crippen molar-refractivity contribution in [1.82, 2.24) is 9.97 Å². The molecule has 0 aliphatic rings. The topological polar surface area (TPSA) is 66.9 Å². The first-order valence-corrected chi connectivity index (χ1v) is 7.77. The van der Waals surface area contributed by atoms with E-state index in [2.05, 4.69) is 20.6 Å². The number of nitrogens with one attached hydrogen (secondary N) is 2. The summed E-state index contributed by atoms with van der Waals surface area (Å²) in [6.45, 7) is 1.52. The fraction of sp³-hybridized carbons (Fsp3) is 0.0556. The highest BCUT2D eigenvalue weighted by atomic mass is 19.2. The summed E-state index contributed by atoms with van der Waals surface area (Å²) in [5.74, 6) is -7.75. The zero-order valence-corrected chi connectivity index (χ0v) is 14.2. The molecule has 2 aromatic carbocycles. The first kappa shape index (κ1) is 19.2. The number of carbonyl (C=O) groups is 1. The number of hydrogen-bond acceptors (Lipinski definition) is 4. The maximum absolute atomic E-state index is 13.8. The van der Waals surface area contributed by atoms with Crippen LogP contribution >= 0.6 is 0 Å². The Balaban J connectivity index is 1.85. The third-order valence-corrected chi connectivity index (χ3v) is 3.55. The van der Waals surface area contributed by atoms with Crippen molar-refractivity contribution < 1.29 is 26.7 Å². The van der Waals surface area contributed by atoms with E-state index in [9.17, 15) is 26.7 Å². The van der Waals surface area contributed by atoms with Crippen molar-refractivity contribution in [3.8, 4) is 0 Å². The van der Waals surface area contributed by atoms with Crippen LogP contribution in [0.25, 0.3) is 0 Å². The molecule has 0 spiro atoms. The van der Waals surface area contributed by atoms with Crippen LogP contribution in [0.4, 0.5) is 39.3 Å². The maximum Gasteiger partial charge on any atom is 0.274 e. The van der Waals surface area contributed by atoms with Crippen molar-refractivity contribution in [2.24, 2.45) is 0 Å². The average Bonchev–Trinajstić information content (AvgIpc) is 2.65. The van der Waals surface area contributed by atoms with Gasteiger partial charge in [0.15, 0.2) is 29.1 Å². The van der Waals surface area contributed by atoms with E-state index in [0.29, 0.717) is 11.8 Å². The van der Waals surface area contributed by atoms with Gasteiger partial charge in [0.25, 0.3) is 5.91 Å². The van der Waals surface area contributed by atoms with Crippen molar-refractivity contribution >= 4 is 23.2 Å². The summed E-state index contributed by atoms with van der Waals surface area (Å²) in [6, 6.07) is 5.74. The number of anilines is 3. The third-order valence-electron chi connectivity index (χ3n) is 3.55. The number of rotatable bonds is 4. The van der Waals surface area contributed by atoms with Crippen LogP contribution in [0.2, 0.25) is 0 Å². The normalized spacial score (nSPS) is 10.6. The molecule has 0 fully saturated rings. The van der Waals surface area contributed by atoms with Gasteiger partial charge in [-0.2, -0.15) is 0 Å². The number of benzene rings is 2. The van der Waals surface area contributed by atoms with Gasteiger partial charge in [-0.1, -0.05) is 0 Å². The quantitative estimate of drug-likeness (QED) is 0.506. The number of aryl methyl sites for hydroxylation is 1. The van der Waals surface area contributed by atoms with Gasteiger partial charge in [0, 0.05) is 17.4 Å². The Labute approximate surface area is 155 Å². The highest BCUT2D eigenvalue weighted by Gasteiger charge is 2.16. The lowest BCUT2D eigenvalue weighted by Gasteiger charge is -2.10. The smallest absolute Gasteiger partial charge is 0.274 e. The molecule has 3 aromatic rings. The highest BCUT2D eigenvalue weighted by molar-refractivity contribution is 6.03. The molecule has 0 radical (unpaired) electrons. The summed E-state index contributed by atoms with van der Waals surface area (Å²) in [4.78, 5) is 20.1. The second-order valence-corrected chi connectivity index (χ2v) is 5.65. The average molecular weight is 394 g/mol. The lowest BCUT2D eigenvalue weighted by atomic mass is 10.2. The summed E-state index contributed by atoms with van der Waals surface area (Å²) in [5, 5.41) is 4.69. The predicted octanol–water partition coefficient (Wildman–Crippen LogP) is 4.48. The van der Waals surface area contributed by atoms with Crippen molar-refractivity contribution in [3.05, 3.63) is 76.9 Å². The minimum absolute atomic E-state index is 0.0127. The number of nitrogens with zero attached hydrogens (tertiary/aromatic N) is 2. The number of hydrogen-bond donors (Lipinski definition) is 2. The summed E-state index contributed by atoms with van der Waals surface area (Å²) < 4.78 is 66.3. The zero-order valence-electron chi connectivity index (χ0n) is 14.2. The molecular weight excluding hydrogens is 383 g/mol. The molecule has 1 amide bonds. The Morgan fingerprint density at radius 2 is 1.57 bits per heavy atom. The SMILES string of the molecule is Cc1cc(C(=O)Nc2ccc(F)c(F)c2)nc(Nc2ccc(F)c(F)c2F)n1.